The van der Waals surface area contributed by atoms with Crippen molar-refractivity contribution >= 4 is 43.6 Å². The van der Waals surface area contributed by atoms with Gasteiger partial charge in [-0.05, 0) is 113 Å². The molecule has 0 aliphatic carbocycles. The molecule has 0 amide bonds. The van der Waals surface area contributed by atoms with Gasteiger partial charge in [-0.1, -0.05) is 97.1 Å². The number of nitrogens with zero attached hydrogens (tertiary/aromatic N) is 4. The van der Waals surface area contributed by atoms with E-state index in [1.165, 1.54) is 33.4 Å². The van der Waals surface area contributed by atoms with Crippen molar-refractivity contribution in [3.63, 3.8) is 0 Å². The molecule has 3 heterocycles. The van der Waals surface area contributed by atoms with E-state index in [4.69, 9.17) is 0 Å². The molecule has 4 nitrogen and oxygen atoms in total. The zero-order chi connectivity index (χ0) is 36.3. The third-order valence-electron chi connectivity index (χ3n) is 10.9. The first-order chi connectivity index (χ1) is 26.6. The Kier molecular flexibility index (Phi) is 7.28. The van der Waals surface area contributed by atoms with Gasteiger partial charge in [0, 0.05) is 39.5 Å². The molecule has 10 rings (SSSR count). The fourth-order valence-electron chi connectivity index (χ4n) is 8.44. The number of hydrogen-bond donors (Lipinski definition) is 0. The van der Waals surface area contributed by atoms with Crippen LogP contribution in [-0.2, 0) is 0 Å². The first-order valence-electron chi connectivity index (χ1n) is 18.3. The Morgan fingerprint density at radius 3 is 1.37 bits per heavy atom. The molecule has 0 radical (unpaired) electrons. The van der Waals surface area contributed by atoms with Gasteiger partial charge in [0.05, 0.1) is 45.1 Å². The summed E-state index contributed by atoms with van der Waals surface area (Å²) in [5.41, 5.74) is 16.1. The van der Waals surface area contributed by atoms with Gasteiger partial charge in [0.2, 0.25) is 0 Å². The molecule has 254 valence electrons. The molecule has 0 saturated heterocycles. The molecule has 0 atom stereocenters. The maximum Gasteiger partial charge on any atom is 0.0993 e. The maximum atomic E-state index is 10.7. The molecule has 0 fully saturated rings. The lowest BCUT2D eigenvalue weighted by Crippen LogP contribution is -2.05. The van der Waals surface area contributed by atoms with E-state index in [0.717, 1.165) is 66.1 Å². The van der Waals surface area contributed by atoms with Gasteiger partial charge in [-0.25, -0.2) is 0 Å². The molecule has 0 aliphatic rings. The average molecular weight is 691 g/mol. The highest BCUT2D eigenvalue weighted by molar-refractivity contribution is 6.13. The van der Waals surface area contributed by atoms with E-state index in [1.54, 1.807) is 0 Å². The Balaban J connectivity index is 1.32. The van der Waals surface area contributed by atoms with Crippen LogP contribution in [0.15, 0.2) is 170 Å². The molecule has 0 N–H and O–H groups in total. The minimum absolute atomic E-state index is 0.586. The number of aryl methyl sites for hydroxylation is 2. The Morgan fingerprint density at radius 2 is 0.889 bits per heavy atom. The number of rotatable bonds is 5. The fourth-order valence-corrected chi connectivity index (χ4v) is 8.44. The van der Waals surface area contributed by atoms with Crippen molar-refractivity contribution in [1.29, 1.82) is 5.26 Å². The molecule has 4 heteroatoms. The molecule has 0 aliphatic heterocycles. The number of hydrogen-bond acceptors (Lipinski definition) is 2. The second-order valence-corrected chi connectivity index (χ2v) is 14.0. The van der Waals surface area contributed by atoms with E-state index in [1.807, 2.05) is 24.5 Å². The lowest BCUT2D eigenvalue weighted by atomic mass is 9.98. The van der Waals surface area contributed by atoms with E-state index >= 15 is 0 Å². The van der Waals surface area contributed by atoms with Gasteiger partial charge < -0.3 is 9.13 Å². The first-order valence-corrected chi connectivity index (χ1v) is 18.3. The van der Waals surface area contributed by atoms with Crippen LogP contribution >= 0.6 is 0 Å². The van der Waals surface area contributed by atoms with Crippen LogP contribution in [0.4, 0.5) is 0 Å². The number of fused-ring (bicyclic) bond motifs is 6. The number of benzene rings is 7. The van der Waals surface area contributed by atoms with E-state index in [9.17, 15) is 5.26 Å². The maximum absolute atomic E-state index is 10.7. The van der Waals surface area contributed by atoms with Crippen LogP contribution in [0, 0.1) is 25.2 Å². The number of aromatic nitrogens is 3. The third-order valence-corrected chi connectivity index (χ3v) is 10.9. The second kappa shape index (κ2) is 12.5. The summed E-state index contributed by atoms with van der Waals surface area (Å²) in [6.45, 7) is 4.33. The smallest absolute Gasteiger partial charge is 0.0993 e. The van der Waals surface area contributed by atoms with E-state index < -0.39 is 0 Å². The summed E-state index contributed by atoms with van der Waals surface area (Å²) in [6.07, 6.45) is 3.70. The highest BCUT2D eigenvalue weighted by Gasteiger charge is 2.23. The zero-order valence-corrected chi connectivity index (χ0v) is 30.0. The molecular weight excluding hydrogens is 657 g/mol. The molecule has 0 unspecified atom stereocenters. The number of pyridine rings is 1. The van der Waals surface area contributed by atoms with Gasteiger partial charge in [-0.15, -0.1) is 0 Å². The Labute approximate surface area is 313 Å². The van der Waals surface area contributed by atoms with Crippen LogP contribution in [0.1, 0.15) is 16.7 Å². The van der Waals surface area contributed by atoms with Gasteiger partial charge in [-0.3, -0.25) is 4.98 Å². The first kappa shape index (κ1) is 31.5. The van der Waals surface area contributed by atoms with Gasteiger partial charge in [0.1, 0.15) is 0 Å². The standard InChI is InChI=1S/C50H34N4/c1-32-11-3-5-13-38(32)36-19-21-46-42(29-36)40-15-7-9-17-44(40)53(46)48-27-34(31-51)28-49(50(48)35-23-25-52-26-24-35)54-45-18-10-8-16-41(45)43-30-37(20-22-47(43)54)39-14-6-4-12-33(39)2/h3-30H,1-2H3. The van der Waals surface area contributed by atoms with Crippen molar-refractivity contribution < 1.29 is 0 Å². The summed E-state index contributed by atoms with van der Waals surface area (Å²) >= 11 is 0. The molecule has 7 aromatic carbocycles. The Hall–Kier alpha value is -7.22. The molecular formula is C50H34N4. The minimum Gasteiger partial charge on any atom is -0.308 e. The Morgan fingerprint density at radius 1 is 0.444 bits per heavy atom. The van der Waals surface area contributed by atoms with E-state index in [0.29, 0.717) is 5.56 Å². The van der Waals surface area contributed by atoms with Crippen LogP contribution in [0.5, 0.6) is 0 Å². The normalized spacial score (nSPS) is 11.5. The van der Waals surface area contributed by atoms with Gasteiger partial charge in [-0.2, -0.15) is 5.26 Å². The topological polar surface area (TPSA) is 46.5 Å². The lowest BCUT2D eigenvalue weighted by Gasteiger charge is -2.21. The second-order valence-electron chi connectivity index (χ2n) is 14.0. The van der Waals surface area contributed by atoms with E-state index in [-0.39, 0.29) is 0 Å². The summed E-state index contributed by atoms with van der Waals surface area (Å²) in [7, 11) is 0. The van der Waals surface area contributed by atoms with Crippen molar-refractivity contribution in [3.8, 4) is 50.8 Å². The quantitative estimate of drug-likeness (QED) is 0.180. The predicted octanol–water partition coefficient (Wildman–Crippen LogP) is 12.8. The van der Waals surface area contributed by atoms with Crippen molar-refractivity contribution in [2.75, 3.05) is 0 Å². The van der Waals surface area contributed by atoms with Crippen molar-refractivity contribution in [2.24, 2.45) is 0 Å². The highest BCUT2D eigenvalue weighted by Crippen LogP contribution is 2.44. The average Bonchev–Trinajstić information content (AvgIpc) is 3.73. The van der Waals surface area contributed by atoms with Crippen molar-refractivity contribution in [1.82, 2.24) is 14.1 Å². The lowest BCUT2D eigenvalue weighted by molar-refractivity contribution is 1.13. The zero-order valence-electron chi connectivity index (χ0n) is 30.0. The monoisotopic (exact) mass is 690 g/mol. The molecule has 0 spiro atoms. The van der Waals surface area contributed by atoms with Gasteiger partial charge in [0.25, 0.3) is 0 Å². The van der Waals surface area contributed by atoms with Crippen molar-refractivity contribution in [3.05, 3.63) is 187 Å². The predicted molar refractivity (Wildman–Crippen MR) is 223 cm³/mol. The molecule has 0 bridgehead atoms. The SMILES string of the molecule is Cc1ccccc1-c1ccc2c(c1)c1ccccc1n2-c1cc(C#N)cc(-n2c3ccccc3c3cc(-c4ccccc4C)ccc32)c1-c1ccncc1. The summed E-state index contributed by atoms with van der Waals surface area (Å²) in [6, 6.07) is 58.6. The molecule has 54 heavy (non-hydrogen) atoms. The molecule has 10 aromatic rings. The summed E-state index contributed by atoms with van der Waals surface area (Å²) in [5.74, 6) is 0. The van der Waals surface area contributed by atoms with Gasteiger partial charge >= 0.3 is 0 Å². The highest BCUT2D eigenvalue weighted by atomic mass is 15.0. The molecule has 3 aromatic heterocycles. The van der Waals surface area contributed by atoms with Crippen LogP contribution in [0.2, 0.25) is 0 Å². The van der Waals surface area contributed by atoms with Crippen LogP contribution in [-0.4, -0.2) is 14.1 Å². The van der Waals surface area contributed by atoms with Crippen LogP contribution < -0.4 is 0 Å². The fraction of sp³-hybridized carbons (Fsp3) is 0.0400. The van der Waals surface area contributed by atoms with Crippen LogP contribution in [0.3, 0.4) is 0 Å². The number of para-hydroxylation sites is 2. The minimum atomic E-state index is 0.586. The largest absolute Gasteiger partial charge is 0.308 e. The Bertz CT molecular complexity index is 2950. The summed E-state index contributed by atoms with van der Waals surface area (Å²) in [5, 5.41) is 15.3. The van der Waals surface area contributed by atoms with Gasteiger partial charge in [0.15, 0.2) is 0 Å². The van der Waals surface area contributed by atoms with Crippen molar-refractivity contribution in [2.45, 2.75) is 13.8 Å². The number of nitriles is 1. The third kappa shape index (κ3) is 4.87. The summed E-state index contributed by atoms with van der Waals surface area (Å²) < 4.78 is 4.69. The summed E-state index contributed by atoms with van der Waals surface area (Å²) in [4.78, 5) is 4.41. The van der Waals surface area contributed by atoms with Crippen LogP contribution in [0.25, 0.3) is 88.4 Å². The molecule has 0 saturated carbocycles. The van der Waals surface area contributed by atoms with E-state index in [2.05, 4.69) is 180 Å².